The molecule has 3 rings (SSSR count). The van der Waals surface area contributed by atoms with Crippen LogP contribution in [0.4, 0.5) is 0 Å². The summed E-state index contributed by atoms with van der Waals surface area (Å²) in [5, 5.41) is 0. The smallest absolute Gasteiger partial charge is 0.254 e. The number of aromatic nitrogens is 2. The summed E-state index contributed by atoms with van der Waals surface area (Å²) in [6.07, 6.45) is 1.86. The lowest BCUT2D eigenvalue weighted by atomic mass is 9.90. The van der Waals surface area contributed by atoms with Gasteiger partial charge in [-0.15, -0.1) is 0 Å². The fourth-order valence-electron chi connectivity index (χ4n) is 3.31. The third kappa shape index (κ3) is 1.94. The van der Waals surface area contributed by atoms with Crippen LogP contribution in [-0.4, -0.2) is 16.1 Å². The van der Waals surface area contributed by atoms with Gasteiger partial charge >= 0.3 is 0 Å². The van der Waals surface area contributed by atoms with Gasteiger partial charge in [-0.25, -0.2) is 9.13 Å². The molecule has 0 saturated heterocycles. The average Bonchev–Trinajstić information content (AvgIpc) is 2.80. The fourth-order valence-corrected chi connectivity index (χ4v) is 3.31. The van der Waals surface area contributed by atoms with E-state index in [0.29, 0.717) is 22.5 Å². The van der Waals surface area contributed by atoms with E-state index in [1.165, 1.54) is 0 Å². The van der Waals surface area contributed by atoms with Gasteiger partial charge in [0.1, 0.15) is 0 Å². The molecule has 0 bridgehead atoms. The Morgan fingerprint density at radius 2 is 1.64 bits per heavy atom. The number of fused-ring (bicyclic) bond motifs is 2. The fraction of sp³-hybridized carbons (Fsp3) is 0.389. The predicted octanol–water partition coefficient (Wildman–Crippen LogP) is 2.68. The van der Waals surface area contributed by atoms with E-state index in [1.54, 1.807) is 12.1 Å². The zero-order valence-corrected chi connectivity index (χ0v) is 13.3. The lowest BCUT2D eigenvalue weighted by Crippen LogP contribution is -2.43. The molecule has 0 unspecified atom stereocenters. The van der Waals surface area contributed by atoms with E-state index in [9.17, 15) is 9.59 Å². The first-order valence-electron chi connectivity index (χ1n) is 7.93. The Hall–Kier alpha value is -2.23. The molecule has 1 aliphatic carbocycles. The molecule has 4 heteroatoms. The number of rotatable bonds is 4. The molecule has 1 aliphatic rings. The van der Waals surface area contributed by atoms with E-state index in [0.717, 1.165) is 31.8 Å². The van der Waals surface area contributed by atoms with E-state index in [4.69, 9.17) is 0 Å². The molecule has 0 radical (unpaired) electrons. The topological polar surface area (TPSA) is 43.0 Å². The van der Waals surface area contributed by atoms with Gasteiger partial charge in [-0.2, -0.15) is 0 Å². The number of carbonyl (C=O) groups is 2. The number of carbonyl (C=O) groups excluding carboxylic acids is 2. The first kappa shape index (κ1) is 14.7. The second-order valence-corrected chi connectivity index (χ2v) is 5.75. The third-order valence-electron chi connectivity index (χ3n) is 4.29. The molecule has 4 nitrogen and oxygen atoms in total. The second-order valence-electron chi connectivity index (χ2n) is 5.75. The summed E-state index contributed by atoms with van der Waals surface area (Å²) in [6, 6.07) is 7.13. The van der Waals surface area contributed by atoms with E-state index >= 15 is 0 Å². The minimum atomic E-state index is -0.0309. The quantitative estimate of drug-likeness (QED) is 0.695. The number of nitrogens with zero attached hydrogens (tertiary/aromatic N) is 2. The van der Waals surface area contributed by atoms with Crippen molar-refractivity contribution < 1.29 is 14.2 Å². The van der Waals surface area contributed by atoms with E-state index in [1.807, 2.05) is 28.2 Å². The zero-order valence-electron chi connectivity index (χ0n) is 13.3. The summed E-state index contributed by atoms with van der Waals surface area (Å²) in [5.41, 5.74) is 2.19. The van der Waals surface area contributed by atoms with Gasteiger partial charge in [0.25, 0.3) is 5.82 Å². The summed E-state index contributed by atoms with van der Waals surface area (Å²) in [4.78, 5) is 25.9. The second kappa shape index (κ2) is 5.52. The van der Waals surface area contributed by atoms with Crippen LogP contribution in [-0.2, 0) is 13.1 Å². The molecule has 1 heterocycles. The monoisotopic (exact) mass is 297 g/mol. The number of ketones is 2. The maximum atomic E-state index is 12.9. The number of hydrogen-bond acceptors (Lipinski definition) is 2. The van der Waals surface area contributed by atoms with Gasteiger partial charge < -0.3 is 0 Å². The highest BCUT2D eigenvalue weighted by molar-refractivity contribution is 6.26. The van der Waals surface area contributed by atoms with Crippen molar-refractivity contribution >= 4 is 11.6 Å². The summed E-state index contributed by atoms with van der Waals surface area (Å²) < 4.78 is 4.03. The molecule has 114 valence electrons. The van der Waals surface area contributed by atoms with Gasteiger partial charge in [0.05, 0.1) is 13.1 Å². The van der Waals surface area contributed by atoms with Crippen LogP contribution in [0, 0.1) is 6.92 Å². The van der Waals surface area contributed by atoms with Crippen LogP contribution in [0.2, 0.25) is 0 Å². The molecule has 0 amide bonds. The van der Waals surface area contributed by atoms with Gasteiger partial charge in [0, 0.05) is 18.1 Å². The SMILES string of the molecule is CCCn1c2c([n+](CCC)c1C)C(=O)c1ccccc1C2=O. The van der Waals surface area contributed by atoms with Gasteiger partial charge in [-0.1, -0.05) is 38.1 Å². The van der Waals surface area contributed by atoms with Crippen molar-refractivity contribution in [1.29, 1.82) is 0 Å². The lowest BCUT2D eigenvalue weighted by molar-refractivity contribution is -0.704. The van der Waals surface area contributed by atoms with Crippen LogP contribution in [0.15, 0.2) is 24.3 Å². The van der Waals surface area contributed by atoms with Crippen molar-refractivity contribution in [3.8, 4) is 0 Å². The van der Waals surface area contributed by atoms with Crippen molar-refractivity contribution in [1.82, 2.24) is 4.57 Å². The maximum absolute atomic E-state index is 12.9. The van der Waals surface area contributed by atoms with Gasteiger partial charge in [0.15, 0.2) is 0 Å². The van der Waals surface area contributed by atoms with Crippen molar-refractivity contribution in [2.45, 2.75) is 46.7 Å². The Kier molecular flexibility index (Phi) is 3.69. The molecular formula is C18H21N2O2+. The van der Waals surface area contributed by atoms with Crippen LogP contribution < -0.4 is 4.57 Å². The molecule has 0 fully saturated rings. The summed E-state index contributed by atoms with van der Waals surface area (Å²) in [5.74, 6) is 0.927. The van der Waals surface area contributed by atoms with Gasteiger partial charge in [-0.3, -0.25) is 9.59 Å². The molecule has 0 N–H and O–H groups in total. The number of imidazole rings is 1. The lowest BCUT2D eigenvalue weighted by Gasteiger charge is -2.12. The molecule has 0 aliphatic heterocycles. The molecule has 0 spiro atoms. The normalized spacial score (nSPS) is 13.2. The summed E-state index contributed by atoms with van der Waals surface area (Å²) in [6.45, 7) is 7.67. The maximum Gasteiger partial charge on any atom is 0.254 e. The molecule has 2 aromatic rings. The minimum Gasteiger partial charge on any atom is -0.284 e. The minimum absolute atomic E-state index is 0.0309. The van der Waals surface area contributed by atoms with E-state index in [2.05, 4.69) is 13.8 Å². The molecule has 22 heavy (non-hydrogen) atoms. The van der Waals surface area contributed by atoms with Crippen LogP contribution in [0.3, 0.4) is 0 Å². The standard InChI is InChI=1S/C18H21N2O2/c1-4-10-19-12(3)20(11-5-2)16-15(19)17(21)13-8-6-7-9-14(13)18(16)22/h6-9H,4-5,10-11H2,1-3H3/q+1. The van der Waals surface area contributed by atoms with Crippen LogP contribution >= 0.6 is 0 Å². The first-order valence-corrected chi connectivity index (χ1v) is 7.93. The molecular weight excluding hydrogens is 276 g/mol. The van der Waals surface area contributed by atoms with Crippen molar-refractivity contribution in [3.63, 3.8) is 0 Å². The third-order valence-corrected chi connectivity index (χ3v) is 4.29. The van der Waals surface area contributed by atoms with Gasteiger partial charge in [0.2, 0.25) is 23.0 Å². The van der Waals surface area contributed by atoms with Crippen LogP contribution in [0.5, 0.6) is 0 Å². The Morgan fingerprint density at radius 3 is 2.23 bits per heavy atom. The summed E-state index contributed by atoms with van der Waals surface area (Å²) >= 11 is 0. The molecule has 1 aromatic heterocycles. The van der Waals surface area contributed by atoms with Crippen LogP contribution in [0.25, 0.3) is 0 Å². The first-order chi connectivity index (χ1) is 10.6. The summed E-state index contributed by atoms with van der Waals surface area (Å²) in [7, 11) is 0. The average molecular weight is 297 g/mol. The Morgan fingerprint density at radius 1 is 1.00 bits per heavy atom. The number of hydrogen-bond donors (Lipinski definition) is 0. The highest BCUT2D eigenvalue weighted by atomic mass is 16.1. The molecule has 0 saturated carbocycles. The Balaban J connectivity index is 2.31. The predicted molar refractivity (Wildman–Crippen MR) is 83.3 cm³/mol. The largest absolute Gasteiger partial charge is 0.284 e. The highest BCUT2D eigenvalue weighted by Gasteiger charge is 2.42. The van der Waals surface area contributed by atoms with Crippen molar-refractivity contribution in [2.24, 2.45) is 0 Å². The molecule has 1 aromatic carbocycles. The van der Waals surface area contributed by atoms with Gasteiger partial charge in [-0.05, 0) is 12.8 Å². The number of benzene rings is 1. The van der Waals surface area contributed by atoms with Crippen LogP contribution in [0.1, 0.15) is 64.6 Å². The van der Waals surface area contributed by atoms with Crippen molar-refractivity contribution in [2.75, 3.05) is 0 Å². The zero-order chi connectivity index (χ0) is 15.9. The molecule has 0 atom stereocenters. The highest BCUT2D eigenvalue weighted by Crippen LogP contribution is 2.27. The Labute approximate surface area is 130 Å². The van der Waals surface area contributed by atoms with E-state index in [-0.39, 0.29) is 11.6 Å². The Bertz CT molecular complexity index is 709. The van der Waals surface area contributed by atoms with Crippen molar-refractivity contribution in [3.05, 3.63) is 52.6 Å². The van der Waals surface area contributed by atoms with E-state index < -0.39 is 0 Å².